The first-order chi connectivity index (χ1) is 16.6. The van der Waals surface area contributed by atoms with Crippen molar-refractivity contribution in [1.82, 2.24) is 25.5 Å². The maximum atomic E-state index is 12.6. The van der Waals surface area contributed by atoms with Gasteiger partial charge in [-0.1, -0.05) is 12.1 Å². The van der Waals surface area contributed by atoms with Gasteiger partial charge in [0.15, 0.2) is 0 Å². The summed E-state index contributed by atoms with van der Waals surface area (Å²) >= 11 is 0. The van der Waals surface area contributed by atoms with Crippen molar-refractivity contribution in [2.45, 2.75) is 64.3 Å². The number of carboxylic acid groups (broad SMARTS) is 1. The minimum absolute atomic E-state index is 0.288. The Hall–Kier alpha value is -3.40. The molecule has 2 amide bonds. The molecule has 1 aromatic heterocycles. The number of carbonyl (C=O) groups excluding carboxylic acids is 2. The van der Waals surface area contributed by atoms with Gasteiger partial charge in [0.25, 0.3) is 5.91 Å². The number of aliphatic carboxylic acids is 1. The summed E-state index contributed by atoms with van der Waals surface area (Å²) in [5.41, 5.74) is 1.69. The molecule has 0 spiro atoms. The maximum Gasteiger partial charge on any atom is 0.407 e. The molecule has 4 N–H and O–H groups in total. The molecule has 2 aromatic rings. The fourth-order valence-electron chi connectivity index (χ4n) is 4.51. The monoisotopic (exact) mass is 483 g/mol. The average Bonchev–Trinajstić information content (AvgIpc) is 3.43. The van der Waals surface area contributed by atoms with E-state index < -0.39 is 29.7 Å². The van der Waals surface area contributed by atoms with E-state index in [4.69, 9.17) is 9.72 Å². The van der Waals surface area contributed by atoms with Gasteiger partial charge in [0.2, 0.25) is 0 Å². The van der Waals surface area contributed by atoms with Crippen LogP contribution in [0.2, 0.25) is 0 Å². The second kappa shape index (κ2) is 10.1. The second-order valence-electron chi connectivity index (χ2n) is 10.2. The van der Waals surface area contributed by atoms with E-state index >= 15 is 0 Å². The van der Waals surface area contributed by atoms with E-state index in [0.29, 0.717) is 25.1 Å². The van der Waals surface area contributed by atoms with Gasteiger partial charge in [0, 0.05) is 36.8 Å². The lowest BCUT2D eigenvalue weighted by Gasteiger charge is -2.25. The Morgan fingerprint density at radius 3 is 2.63 bits per heavy atom. The lowest BCUT2D eigenvalue weighted by Crippen LogP contribution is -2.47. The Labute approximate surface area is 204 Å². The SMILES string of the molecule is CC(C)(C)OC(=O)NCC1CCn2cc(-c3ccc(C(=O)NC4CCN[C@@H]4C(=O)O)cc3)nc2C1. The number of imidazole rings is 1. The largest absolute Gasteiger partial charge is 0.480 e. The number of carbonyl (C=O) groups is 3. The third-order valence-electron chi connectivity index (χ3n) is 6.29. The topological polar surface area (TPSA) is 135 Å². The van der Waals surface area contributed by atoms with Crippen LogP contribution in [0.5, 0.6) is 0 Å². The van der Waals surface area contributed by atoms with Crippen molar-refractivity contribution >= 4 is 18.0 Å². The first-order valence-electron chi connectivity index (χ1n) is 12.0. The Morgan fingerprint density at radius 1 is 1.20 bits per heavy atom. The van der Waals surface area contributed by atoms with Gasteiger partial charge in [0.1, 0.15) is 17.5 Å². The third kappa shape index (κ3) is 6.19. The van der Waals surface area contributed by atoms with E-state index in [-0.39, 0.29) is 11.8 Å². The molecular formula is C25H33N5O5. The number of aryl methyl sites for hydroxylation is 1. The van der Waals surface area contributed by atoms with Gasteiger partial charge in [-0.05, 0) is 58.2 Å². The summed E-state index contributed by atoms with van der Waals surface area (Å²) in [5.74, 6) is 0.00395. The van der Waals surface area contributed by atoms with E-state index in [0.717, 1.165) is 36.5 Å². The molecule has 0 saturated carbocycles. The summed E-state index contributed by atoms with van der Waals surface area (Å²) in [6.45, 7) is 7.44. The molecule has 0 aliphatic carbocycles. The van der Waals surface area contributed by atoms with Crippen LogP contribution in [0.25, 0.3) is 11.3 Å². The fraction of sp³-hybridized carbons (Fsp3) is 0.520. The number of hydrogen-bond donors (Lipinski definition) is 4. The Bertz CT molecular complexity index is 1090. The number of rotatable bonds is 6. The predicted molar refractivity (Wildman–Crippen MR) is 129 cm³/mol. The summed E-state index contributed by atoms with van der Waals surface area (Å²) in [5, 5.41) is 17.8. The van der Waals surface area contributed by atoms with Crippen LogP contribution < -0.4 is 16.0 Å². The van der Waals surface area contributed by atoms with Crippen LogP contribution in [-0.2, 0) is 22.5 Å². The molecule has 0 bridgehead atoms. The van der Waals surface area contributed by atoms with Gasteiger partial charge in [-0.25, -0.2) is 9.78 Å². The summed E-state index contributed by atoms with van der Waals surface area (Å²) in [4.78, 5) is 40.6. The predicted octanol–water partition coefficient (Wildman–Crippen LogP) is 2.18. The average molecular weight is 484 g/mol. The molecule has 0 radical (unpaired) electrons. The molecule has 2 aliphatic heterocycles. The molecule has 3 heterocycles. The molecule has 188 valence electrons. The highest BCUT2D eigenvalue weighted by Crippen LogP contribution is 2.25. The highest BCUT2D eigenvalue weighted by molar-refractivity contribution is 5.95. The lowest BCUT2D eigenvalue weighted by atomic mass is 9.98. The van der Waals surface area contributed by atoms with Crippen LogP contribution in [0.3, 0.4) is 0 Å². The molecular weight excluding hydrogens is 450 g/mol. The number of carboxylic acids is 1. The lowest BCUT2D eigenvalue weighted by molar-refractivity contribution is -0.139. The smallest absolute Gasteiger partial charge is 0.407 e. The summed E-state index contributed by atoms with van der Waals surface area (Å²) in [6, 6.07) is 5.97. The molecule has 2 aliphatic rings. The number of amides is 2. The second-order valence-corrected chi connectivity index (χ2v) is 10.2. The molecule has 10 nitrogen and oxygen atoms in total. The maximum absolute atomic E-state index is 12.6. The van der Waals surface area contributed by atoms with E-state index in [2.05, 4.69) is 20.5 Å². The molecule has 1 aromatic carbocycles. The molecule has 3 atom stereocenters. The van der Waals surface area contributed by atoms with E-state index in [1.807, 2.05) is 39.1 Å². The van der Waals surface area contributed by atoms with Crippen molar-refractivity contribution in [1.29, 1.82) is 0 Å². The summed E-state index contributed by atoms with van der Waals surface area (Å²) < 4.78 is 7.45. The number of aromatic nitrogens is 2. The van der Waals surface area contributed by atoms with Crippen molar-refractivity contribution in [2.24, 2.45) is 5.92 Å². The highest BCUT2D eigenvalue weighted by atomic mass is 16.6. The van der Waals surface area contributed by atoms with Gasteiger partial charge in [-0.3, -0.25) is 9.59 Å². The summed E-state index contributed by atoms with van der Waals surface area (Å²) in [7, 11) is 0. The number of benzene rings is 1. The molecule has 2 unspecified atom stereocenters. The van der Waals surface area contributed by atoms with Gasteiger partial charge >= 0.3 is 12.1 Å². The van der Waals surface area contributed by atoms with E-state index in [1.165, 1.54) is 0 Å². The van der Waals surface area contributed by atoms with Gasteiger partial charge in [-0.15, -0.1) is 0 Å². The first-order valence-corrected chi connectivity index (χ1v) is 12.0. The first kappa shape index (κ1) is 24.7. The standard InChI is InChI=1S/C25H33N5O5/c1-25(2,3)35-24(34)27-13-15-9-11-30-14-19(28-20(30)12-15)16-4-6-17(7-5-16)22(31)29-18-8-10-26-21(18)23(32)33/h4-7,14-15,18,21,26H,8-13H2,1-3H3,(H,27,34)(H,29,31)(H,32,33)/t15?,18?,21-/m0/s1. The van der Waals surface area contributed by atoms with Crippen LogP contribution in [0.1, 0.15) is 49.8 Å². The third-order valence-corrected chi connectivity index (χ3v) is 6.29. The van der Waals surface area contributed by atoms with Crippen LogP contribution in [0.4, 0.5) is 4.79 Å². The molecule has 35 heavy (non-hydrogen) atoms. The van der Waals surface area contributed by atoms with E-state index in [9.17, 15) is 19.5 Å². The van der Waals surface area contributed by atoms with Crippen LogP contribution >= 0.6 is 0 Å². The Morgan fingerprint density at radius 2 is 1.94 bits per heavy atom. The van der Waals surface area contributed by atoms with Crippen molar-refractivity contribution in [3.8, 4) is 11.3 Å². The zero-order chi connectivity index (χ0) is 25.2. The van der Waals surface area contributed by atoms with Crippen molar-refractivity contribution in [3.05, 3.63) is 41.9 Å². The number of hydrogen-bond acceptors (Lipinski definition) is 6. The minimum atomic E-state index is -0.963. The molecule has 10 heteroatoms. The molecule has 4 rings (SSSR count). The van der Waals surface area contributed by atoms with Gasteiger partial charge in [-0.2, -0.15) is 0 Å². The van der Waals surface area contributed by atoms with Crippen LogP contribution in [0, 0.1) is 5.92 Å². The fourth-order valence-corrected chi connectivity index (χ4v) is 4.51. The number of nitrogens with one attached hydrogen (secondary N) is 3. The van der Waals surface area contributed by atoms with Gasteiger partial charge < -0.3 is 30.4 Å². The van der Waals surface area contributed by atoms with E-state index in [1.54, 1.807) is 12.1 Å². The van der Waals surface area contributed by atoms with Crippen molar-refractivity contribution in [3.63, 3.8) is 0 Å². The van der Waals surface area contributed by atoms with Crippen molar-refractivity contribution in [2.75, 3.05) is 13.1 Å². The number of ether oxygens (including phenoxy) is 1. The van der Waals surface area contributed by atoms with Crippen molar-refractivity contribution < 1.29 is 24.2 Å². The zero-order valence-electron chi connectivity index (χ0n) is 20.3. The molecule has 1 fully saturated rings. The number of alkyl carbamates (subject to hydrolysis) is 1. The highest BCUT2D eigenvalue weighted by Gasteiger charge is 2.33. The number of nitrogens with zero attached hydrogens (tertiary/aromatic N) is 2. The van der Waals surface area contributed by atoms with Gasteiger partial charge in [0.05, 0.1) is 11.7 Å². The Kier molecular flexibility index (Phi) is 7.11. The minimum Gasteiger partial charge on any atom is -0.480 e. The quantitative estimate of drug-likeness (QED) is 0.495. The molecule has 1 saturated heterocycles. The zero-order valence-corrected chi connectivity index (χ0v) is 20.3. The van der Waals surface area contributed by atoms with Crippen LogP contribution in [-0.4, -0.2) is 63.4 Å². The summed E-state index contributed by atoms with van der Waals surface area (Å²) in [6.07, 6.45) is 3.89. The number of fused-ring (bicyclic) bond motifs is 1. The van der Waals surface area contributed by atoms with Crippen LogP contribution in [0.15, 0.2) is 30.5 Å². The normalized spacial score (nSPS) is 21.7. The Balaban J connectivity index is 1.34.